The lowest BCUT2D eigenvalue weighted by molar-refractivity contribution is -0.0135. The lowest BCUT2D eigenvalue weighted by Crippen LogP contribution is -2.61. The van der Waals surface area contributed by atoms with E-state index in [1.807, 2.05) is 12.1 Å². The molecular formula is C21H27N3O2. The summed E-state index contributed by atoms with van der Waals surface area (Å²) in [6, 6.07) is 5.23. The Bertz CT molecular complexity index is 705. The Balaban J connectivity index is 1.37. The average molecular weight is 353 g/mol. The van der Waals surface area contributed by atoms with E-state index in [2.05, 4.69) is 22.4 Å². The lowest BCUT2D eigenvalue weighted by Gasteiger charge is -2.56. The average Bonchev–Trinajstić information content (AvgIpc) is 2.56. The first-order valence-electron chi connectivity index (χ1n) is 9.60. The van der Waals surface area contributed by atoms with Crippen LogP contribution in [-0.4, -0.2) is 22.9 Å². The number of hydrogen-bond acceptors (Lipinski definition) is 3. The van der Waals surface area contributed by atoms with Gasteiger partial charge in [-0.3, -0.25) is 0 Å². The van der Waals surface area contributed by atoms with E-state index in [-0.39, 0.29) is 17.3 Å². The maximum Gasteiger partial charge on any atom is 0.335 e. The van der Waals surface area contributed by atoms with Crippen molar-refractivity contribution in [2.45, 2.75) is 50.5 Å². The molecule has 0 aromatic heterocycles. The number of amides is 2. The van der Waals surface area contributed by atoms with Gasteiger partial charge < -0.3 is 10.4 Å². The molecule has 4 fully saturated rings. The SMILES string of the molecule is C=CCc1cccc(C=NNC(=O)NC23CC4CC(CC(C4)C2)C3)c1O. The third kappa shape index (κ3) is 3.35. The molecule has 0 aliphatic heterocycles. The zero-order valence-corrected chi connectivity index (χ0v) is 15.1. The van der Waals surface area contributed by atoms with Crippen molar-refractivity contribution in [1.82, 2.24) is 10.7 Å². The summed E-state index contributed by atoms with van der Waals surface area (Å²) >= 11 is 0. The molecule has 0 unspecified atom stereocenters. The van der Waals surface area contributed by atoms with Crippen LogP contribution in [0.15, 0.2) is 36.0 Å². The van der Waals surface area contributed by atoms with E-state index >= 15 is 0 Å². The van der Waals surface area contributed by atoms with Gasteiger partial charge >= 0.3 is 6.03 Å². The second-order valence-electron chi connectivity index (χ2n) is 8.37. The van der Waals surface area contributed by atoms with Crippen LogP contribution < -0.4 is 10.7 Å². The maximum atomic E-state index is 12.4. The zero-order chi connectivity index (χ0) is 18.1. The third-order valence-corrected chi connectivity index (χ3v) is 6.30. The number of para-hydroxylation sites is 1. The van der Waals surface area contributed by atoms with Crippen LogP contribution in [0.4, 0.5) is 4.79 Å². The number of carbonyl (C=O) groups excluding carboxylic acids is 1. The van der Waals surface area contributed by atoms with Crippen molar-refractivity contribution in [3.63, 3.8) is 0 Å². The number of nitrogens with one attached hydrogen (secondary N) is 2. The summed E-state index contributed by atoms with van der Waals surface area (Å²) in [4.78, 5) is 12.4. The predicted molar refractivity (Wildman–Crippen MR) is 102 cm³/mol. The maximum absolute atomic E-state index is 12.4. The smallest absolute Gasteiger partial charge is 0.335 e. The number of allylic oxidation sites excluding steroid dienone is 1. The number of hydrazone groups is 1. The van der Waals surface area contributed by atoms with Crippen LogP contribution >= 0.6 is 0 Å². The van der Waals surface area contributed by atoms with E-state index in [9.17, 15) is 9.90 Å². The van der Waals surface area contributed by atoms with Crippen LogP contribution in [0.25, 0.3) is 0 Å². The molecule has 4 aliphatic carbocycles. The summed E-state index contributed by atoms with van der Waals surface area (Å²) in [6.07, 6.45) is 11.2. The van der Waals surface area contributed by atoms with E-state index in [1.54, 1.807) is 12.1 Å². The van der Waals surface area contributed by atoms with Gasteiger partial charge in [0, 0.05) is 11.1 Å². The Kier molecular flexibility index (Phi) is 4.47. The minimum atomic E-state index is -0.245. The molecule has 5 rings (SSSR count). The van der Waals surface area contributed by atoms with E-state index in [0.29, 0.717) is 12.0 Å². The predicted octanol–water partition coefficient (Wildman–Crippen LogP) is 3.72. The number of phenolic OH excluding ortho intramolecular Hbond substituents is 1. The fraction of sp³-hybridized carbons (Fsp3) is 0.524. The highest BCUT2D eigenvalue weighted by Gasteiger charge is 2.51. The summed E-state index contributed by atoms with van der Waals surface area (Å²) in [6.45, 7) is 3.69. The molecule has 5 nitrogen and oxygen atoms in total. The molecule has 1 aromatic carbocycles. The minimum absolute atomic E-state index is 0.0274. The van der Waals surface area contributed by atoms with Crippen molar-refractivity contribution in [2.24, 2.45) is 22.9 Å². The summed E-state index contributed by atoms with van der Waals surface area (Å²) in [7, 11) is 0. The molecule has 5 heteroatoms. The van der Waals surface area contributed by atoms with Crippen LogP contribution in [-0.2, 0) is 6.42 Å². The molecule has 4 bridgehead atoms. The molecule has 138 valence electrons. The lowest BCUT2D eigenvalue weighted by atomic mass is 9.53. The number of benzene rings is 1. The number of nitrogens with zero attached hydrogens (tertiary/aromatic N) is 1. The van der Waals surface area contributed by atoms with Gasteiger partial charge in [-0.2, -0.15) is 5.10 Å². The van der Waals surface area contributed by atoms with Crippen molar-refractivity contribution >= 4 is 12.2 Å². The van der Waals surface area contributed by atoms with Gasteiger partial charge in [0.2, 0.25) is 0 Å². The number of aromatic hydroxyl groups is 1. The Morgan fingerprint density at radius 3 is 2.50 bits per heavy atom. The summed E-state index contributed by atoms with van der Waals surface area (Å²) in [5, 5.41) is 17.5. The highest BCUT2D eigenvalue weighted by atomic mass is 16.3. The Hall–Kier alpha value is -2.30. The van der Waals surface area contributed by atoms with Gasteiger partial charge in [-0.25, -0.2) is 10.2 Å². The Labute approximate surface area is 154 Å². The Morgan fingerprint density at radius 2 is 1.88 bits per heavy atom. The summed E-state index contributed by atoms with van der Waals surface area (Å²) in [5.41, 5.74) is 3.92. The summed E-state index contributed by atoms with van der Waals surface area (Å²) in [5.74, 6) is 2.54. The van der Waals surface area contributed by atoms with E-state index in [4.69, 9.17) is 0 Å². The van der Waals surface area contributed by atoms with Gasteiger partial charge in [0.05, 0.1) is 6.21 Å². The molecule has 0 radical (unpaired) electrons. The number of carbonyl (C=O) groups is 1. The monoisotopic (exact) mass is 353 g/mol. The zero-order valence-electron chi connectivity index (χ0n) is 15.1. The molecule has 0 saturated heterocycles. The van der Waals surface area contributed by atoms with Gasteiger partial charge in [0.25, 0.3) is 0 Å². The quantitative estimate of drug-likeness (QED) is 0.429. The summed E-state index contributed by atoms with van der Waals surface area (Å²) < 4.78 is 0. The van der Waals surface area contributed by atoms with Crippen molar-refractivity contribution in [3.8, 4) is 5.75 Å². The molecule has 3 N–H and O–H groups in total. The fourth-order valence-corrected chi connectivity index (χ4v) is 5.73. The van der Waals surface area contributed by atoms with E-state index in [0.717, 1.165) is 42.6 Å². The van der Waals surface area contributed by atoms with Gasteiger partial charge in [0.15, 0.2) is 0 Å². The highest BCUT2D eigenvalue weighted by molar-refractivity contribution is 5.85. The molecule has 2 amide bonds. The highest BCUT2D eigenvalue weighted by Crippen LogP contribution is 2.55. The molecule has 1 aromatic rings. The van der Waals surface area contributed by atoms with Gasteiger partial charge in [-0.05, 0) is 74.3 Å². The van der Waals surface area contributed by atoms with Crippen LogP contribution in [0.5, 0.6) is 5.75 Å². The number of rotatable bonds is 5. The molecule has 0 heterocycles. The largest absolute Gasteiger partial charge is 0.507 e. The molecular weight excluding hydrogens is 326 g/mol. The van der Waals surface area contributed by atoms with Crippen LogP contribution in [0, 0.1) is 17.8 Å². The van der Waals surface area contributed by atoms with Crippen molar-refractivity contribution in [1.29, 1.82) is 0 Å². The van der Waals surface area contributed by atoms with Crippen molar-refractivity contribution in [2.75, 3.05) is 0 Å². The normalized spacial score (nSPS) is 31.9. The molecule has 4 aliphatic rings. The van der Waals surface area contributed by atoms with Gasteiger partial charge in [-0.1, -0.05) is 18.2 Å². The van der Waals surface area contributed by atoms with Crippen LogP contribution in [0.2, 0.25) is 0 Å². The molecule has 4 saturated carbocycles. The number of urea groups is 1. The standard InChI is InChI=1S/C21H27N3O2/c1-2-4-17-5-3-6-18(19(17)25)13-22-24-20(26)23-21-10-14-7-15(11-21)9-16(8-14)12-21/h2-3,5-6,13-16,25H,1,4,7-12H2,(H2,23,24,26). The van der Waals surface area contributed by atoms with Crippen LogP contribution in [0.1, 0.15) is 49.7 Å². The first-order valence-corrected chi connectivity index (χ1v) is 9.60. The van der Waals surface area contributed by atoms with E-state index < -0.39 is 0 Å². The topological polar surface area (TPSA) is 73.7 Å². The first kappa shape index (κ1) is 17.1. The van der Waals surface area contributed by atoms with Gasteiger partial charge in [-0.15, -0.1) is 6.58 Å². The van der Waals surface area contributed by atoms with E-state index in [1.165, 1.54) is 25.5 Å². The molecule has 26 heavy (non-hydrogen) atoms. The number of phenols is 1. The first-order chi connectivity index (χ1) is 12.6. The number of hydrogen-bond donors (Lipinski definition) is 3. The van der Waals surface area contributed by atoms with Gasteiger partial charge in [0.1, 0.15) is 5.75 Å². The van der Waals surface area contributed by atoms with Crippen LogP contribution in [0.3, 0.4) is 0 Å². The second kappa shape index (κ2) is 6.78. The minimum Gasteiger partial charge on any atom is -0.507 e. The van der Waals surface area contributed by atoms with Crippen molar-refractivity contribution in [3.05, 3.63) is 42.0 Å². The Morgan fingerprint density at radius 1 is 1.23 bits per heavy atom. The fourth-order valence-electron chi connectivity index (χ4n) is 5.73. The van der Waals surface area contributed by atoms with Crippen molar-refractivity contribution < 1.29 is 9.90 Å². The second-order valence-corrected chi connectivity index (χ2v) is 8.37. The molecule has 0 spiro atoms. The molecule has 0 atom stereocenters. The third-order valence-electron chi connectivity index (χ3n) is 6.30.